The van der Waals surface area contributed by atoms with Crippen molar-refractivity contribution in [2.75, 3.05) is 38.2 Å². The van der Waals surface area contributed by atoms with Crippen LogP contribution in [0.5, 0.6) is 0 Å². The summed E-state index contributed by atoms with van der Waals surface area (Å²) in [5.74, 6) is -0.351. The Hall–Kier alpha value is -2.98. The molecule has 0 aliphatic carbocycles. The molecule has 1 saturated heterocycles. The van der Waals surface area contributed by atoms with Crippen LogP contribution in [0.1, 0.15) is 20.8 Å². The van der Waals surface area contributed by atoms with Gasteiger partial charge in [0.05, 0.1) is 13.7 Å². The maximum Gasteiger partial charge on any atom is 0.324 e. The van der Waals surface area contributed by atoms with Crippen LogP contribution in [-0.4, -0.2) is 76.7 Å². The third-order valence-electron chi connectivity index (χ3n) is 4.82. The first-order valence-corrected chi connectivity index (χ1v) is 10.5. The molecule has 1 fully saturated rings. The second-order valence-corrected chi connectivity index (χ2v) is 8.71. The molecule has 1 N–H and O–H groups in total. The summed E-state index contributed by atoms with van der Waals surface area (Å²) < 4.78 is 10.3. The van der Waals surface area contributed by atoms with E-state index in [-0.39, 0.29) is 23.9 Å². The number of carbonyl (C=O) groups is 2. The fourth-order valence-electron chi connectivity index (χ4n) is 3.40. The Kier molecular flexibility index (Phi) is 7.15. The molecule has 172 valence electrons. The number of aromatic amines is 1. The van der Waals surface area contributed by atoms with Gasteiger partial charge >= 0.3 is 11.9 Å². The van der Waals surface area contributed by atoms with Crippen molar-refractivity contribution in [3.05, 3.63) is 39.9 Å². The maximum absolute atomic E-state index is 12.5. The van der Waals surface area contributed by atoms with Gasteiger partial charge in [-0.3, -0.25) is 24.3 Å². The van der Waals surface area contributed by atoms with Crippen molar-refractivity contribution in [3.63, 3.8) is 0 Å². The van der Waals surface area contributed by atoms with Gasteiger partial charge in [0.25, 0.3) is 5.56 Å². The molecule has 2 aromatic heterocycles. The topological polar surface area (TPSA) is 118 Å². The van der Waals surface area contributed by atoms with E-state index in [1.807, 2.05) is 0 Å². The number of piperazine rings is 1. The number of halogens is 1. The van der Waals surface area contributed by atoms with Gasteiger partial charge in [-0.05, 0) is 32.9 Å². The second-order valence-electron chi connectivity index (χ2n) is 8.33. The number of esters is 2. The summed E-state index contributed by atoms with van der Waals surface area (Å²) in [7, 11) is 1.28. The Balaban J connectivity index is 1.86. The first-order chi connectivity index (χ1) is 15.1. The molecule has 0 amide bonds. The van der Waals surface area contributed by atoms with Crippen LogP contribution in [0.3, 0.4) is 0 Å². The number of pyridine rings is 1. The van der Waals surface area contributed by atoms with E-state index in [4.69, 9.17) is 21.1 Å². The summed E-state index contributed by atoms with van der Waals surface area (Å²) in [6.07, 6.45) is 3.18. The normalized spacial score (nSPS) is 17.2. The van der Waals surface area contributed by atoms with Gasteiger partial charge in [-0.1, -0.05) is 11.6 Å². The van der Waals surface area contributed by atoms with E-state index < -0.39 is 29.1 Å². The Bertz CT molecular complexity index is 1040. The quantitative estimate of drug-likeness (QED) is 0.658. The number of nitrogens with zero attached hydrogens (tertiary/aromatic N) is 4. The predicted octanol–water partition coefficient (Wildman–Crippen LogP) is 1.49. The molecule has 2 aromatic rings. The minimum Gasteiger partial charge on any atom is -0.468 e. The molecule has 11 heteroatoms. The predicted molar refractivity (Wildman–Crippen MR) is 119 cm³/mol. The smallest absolute Gasteiger partial charge is 0.324 e. The molecule has 0 unspecified atom stereocenters. The maximum atomic E-state index is 12.5. The molecule has 0 radical (unpaired) electrons. The number of ether oxygens (including phenoxy) is 2. The van der Waals surface area contributed by atoms with Crippen molar-refractivity contribution in [1.29, 1.82) is 0 Å². The molecule has 1 aliphatic heterocycles. The van der Waals surface area contributed by atoms with Crippen LogP contribution >= 0.6 is 11.6 Å². The van der Waals surface area contributed by atoms with Gasteiger partial charge in [-0.15, -0.1) is 0 Å². The lowest BCUT2D eigenvalue weighted by Crippen LogP contribution is -2.58. The molecule has 0 aromatic carbocycles. The molecular formula is C21H26ClN5O5. The zero-order valence-corrected chi connectivity index (χ0v) is 19.2. The largest absolute Gasteiger partial charge is 0.468 e. The highest BCUT2D eigenvalue weighted by molar-refractivity contribution is 6.32. The molecule has 3 rings (SSSR count). The summed E-state index contributed by atoms with van der Waals surface area (Å²) in [5.41, 5.74) is -0.455. The van der Waals surface area contributed by atoms with E-state index in [1.165, 1.54) is 7.11 Å². The molecule has 0 bridgehead atoms. The van der Waals surface area contributed by atoms with Gasteiger partial charge in [-0.25, -0.2) is 4.98 Å². The van der Waals surface area contributed by atoms with Crippen molar-refractivity contribution in [2.24, 2.45) is 0 Å². The van der Waals surface area contributed by atoms with Gasteiger partial charge in [0.1, 0.15) is 22.5 Å². The lowest BCUT2D eigenvalue weighted by molar-refractivity contribution is -0.159. The van der Waals surface area contributed by atoms with Crippen LogP contribution in [0.15, 0.2) is 29.3 Å². The zero-order chi connectivity index (χ0) is 23.5. The van der Waals surface area contributed by atoms with Gasteiger partial charge in [0, 0.05) is 37.6 Å². The Morgan fingerprint density at radius 3 is 2.56 bits per heavy atom. The molecule has 10 nitrogen and oxygen atoms in total. The fraction of sp³-hybridized carbons (Fsp3) is 0.476. The van der Waals surface area contributed by atoms with Crippen LogP contribution in [-0.2, 0) is 19.1 Å². The SMILES string of the molecule is COC(=O)[C@@H]1CN(c2nc(-c3ccncc3)[nH]c(=O)c2Cl)CCN1CC(=O)OC(C)(C)C. The van der Waals surface area contributed by atoms with Crippen LogP contribution in [0.2, 0.25) is 5.02 Å². The van der Waals surface area contributed by atoms with Crippen molar-refractivity contribution in [3.8, 4) is 11.4 Å². The van der Waals surface area contributed by atoms with Gasteiger partial charge < -0.3 is 19.4 Å². The first kappa shape index (κ1) is 23.7. The molecule has 0 saturated carbocycles. The minimum atomic E-state index is -0.761. The summed E-state index contributed by atoms with van der Waals surface area (Å²) in [5, 5.41) is -0.0768. The third kappa shape index (κ3) is 5.63. The number of H-pyrrole nitrogens is 1. The van der Waals surface area contributed by atoms with Crippen LogP contribution in [0.25, 0.3) is 11.4 Å². The number of nitrogens with one attached hydrogen (secondary N) is 1. The molecule has 1 atom stereocenters. The first-order valence-electron chi connectivity index (χ1n) is 10.1. The van der Waals surface area contributed by atoms with E-state index in [0.717, 1.165) is 0 Å². The number of hydrogen-bond acceptors (Lipinski definition) is 9. The summed E-state index contributed by atoms with van der Waals surface area (Å²) in [6.45, 7) is 6.15. The molecular weight excluding hydrogens is 438 g/mol. The van der Waals surface area contributed by atoms with E-state index in [0.29, 0.717) is 24.5 Å². The van der Waals surface area contributed by atoms with Crippen molar-refractivity contribution in [2.45, 2.75) is 32.4 Å². The number of methoxy groups -OCH3 is 1. The van der Waals surface area contributed by atoms with E-state index in [9.17, 15) is 14.4 Å². The van der Waals surface area contributed by atoms with Crippen LogP contribution in [0, 0.1) is 0 Å². The van der Waals surface area contributed by atoms with Crippen LogP contribution in [0.4, 0.5) is 5.82 Å². The van der Waals surface area contributed by atoms with E-state index in [1.54, 1.807) is 55.1 Å². The van der Waals surface area contributed by atoms with Crippen molar-refractivity contribution >= 4 is 29.4 Å². The summed E-state index contributed by atoms with van der Waals surface area (Å²) >= 11 is 6.28. The van der Waals surface area contributed by atoms with Gasteiger partial charge in [0.2, 0.25) is 0 Å². The van der Waals surface area contributed by atoms with Crippen LogP contribution < -0.4 is 10.5 Å². The molecule has 3 heterocycles. The monoisotopic (exact) mass is 463 g/mol. The van der Waals surface area contributed by atoms with Crippen molar-refractivity contribution < 1.29 is 19.1 Å². The second kappa shape index (κ2) is 9.66. The Labute approximate surface area is 190 Å². The van der Waals surface area contributed by atoms with E-state index >= 15 is 0 Å². The third-order valence-corrected chi connectivity index (χ3v) is 5.16. The highest BCUT2D eigenvalue weighted by Gasteiger charge is 2.36. The number of carbonyl (C=O) groups excluding carboxylic acids is 2. The highest BCUT2D eigenvalue weighted by Crippen LogP contribution is 2.26. The standard InChI is InChI=1S/C21H26ClN5O5/c1-21(2,3)32-15(28)12-26-9-10-27(11-14(26)20(30)31-4)18-16(22)19(29)25-17(24-18)13-5-7-23-8-6-13/h5-8,14H,9-12H2,1-4H3,(H,24,25,29)/t14-/m0/s1. The summed E-state index contributed by atoms with van der Waals surface area (Å²) in [6, 6.07) is 2.67. The minimum absolute atomic E-state index is 0.0658. The lowest BCUT2D eigenvalue weighted by Gasteiger charge is -2.40. The molecule has 1 aliphatic rings. The lowest BCUT2D eigenvalue weighted by atomic mass is 10.1. The number of hydrogen-bond donors (Lipinski definition) is 1. The fourth-order valence-corrected chi connectivity index (χ4v) is 3.61. The summed E-state index contributed by atoms with van der Waals surface area (Å²) in [4.78, 5) is 51.9. The van der Waals surface area contributed by atoms with E-state index in [2.05, 4.69) is 15.0 Å². The number of aromatic nitrogens is 3. The average molecular weight is 464 g/mol. The molecule has 0 spiro atoms. The number of anilines is 1. The van der Waals surface area contributed by atoms with Crippen molar-refractivity contribution in [1.82, 2.24) is 19.9 Å². The molecule has 32 heavy (non-hydrogen) atoms. The Morgan fingerprint density at radius 1 is 1.25 bits per heavy atom. The van der Waals surface area contributed by atoms with Gasteiger partial charge in [0.15, 0.2) is 5.82 Å². The van der Waals surface area contributed by atoms with Gasteiger partial charge in [-0.2, -0.15) is 0 Å². The Morgan fingerprint density at radius 2 is 1.94 bits per heavy atom. The number of rotatable bonds is 5. The average Bonchev–Trinajstić information content (AvgIpc) is 2.74. The highest BCUT2D eigenvalue weighted by atomic mass is 35.5. The zero-order valence-electron chi connectivity index (χ0n) is 18.4.